The molecular weight excluding hydrogens is 384 g/mol. The van der Waals surface area contributed by atoms with Crippen molar-refractivity contribution >= 4 is 38.4 Å². The molecule has 0 unspecified atom stereocenters. The highest BCUT2D eigenvalue weighted by Gasteiger charge is 2.50. The van der Waals surface area contributed by atoms with E-state index < -0.39 is 9.84 Å². The minimum absolute atomic E-state index is 0.0429. The second-order valence-electron chi connectivity index (χ2n) is 6.41. The third-order valence-corrected chi connectivity index (χ3v) is 7.84. The van der Waals surface area contributed by atoms with E-state index in [1.807, 2.05) is 35.2 Å². The number of para-hydroxylation sites is 2. The number of nitrogens with zero attached hydrogens (tertiary/aromatic N) is 2. The third-order valence-electron chi connectivity index (χ3n) is 4.63. The Hall–Kier alpha value is -2.32. The summed E-state index contributed by atoms with van der Waals surface area (Å²) in [4.78, 5) is 18.8. The molecule has 2 saturated heterocycles. The number of carbonyl (C=O) groups excluding carboxylic acids is 1. The molecule has 1 amide bonds. The Kier molecular flexibility index (Phi) is 4.69. The maximum atomic E-state index is 12.6. The number of thioether (sulfide) groups is 1. The van der Waals surface area contributed by atoms with Gasteiger partial charge in [0.2, 0.25) is 0 Å². The van der Waals surface area contributed by atoms with Gasteiger partial charge in [0.15, 0.2) is 15.0 Å². The molecule has 27 heavy (non-hydrogen) atoms. The molecule has 8 heteroatoms. The SMILES string of the molecule is COc1ccccc1N1C(=NC(=O)c2ccccc2)S[C@H]2CS(=O)(=O)C[C@@H]21. The summed E-state index contributed by atoms with van der Waals surface area (Å²) in [6.07, 6.45) is 0. The van der Waals surface area contributed by atoms with Crippen molar-refractivity contribution < 1.29 is 17.9 Å². The van der Waals surface area contributed by atoms with E-state index in [0.29, 0.717) is 16.5 Å². The number of methoxy groups -OCH3 is 1. The Morgan fingerprint density at radius 1 is 1.11 bits per heavy atom. The van der Waals surface area contributed by atoms with Crippen LogP contribution in [0.15, 0.2) is 59.6 Å². The van der Waals surface area contributed by atoms with Gasteiger partial charge in [0.05, 0.1) is 30.3 Å². The van der Waals surface area contributed by atoms with Crippen LogP contribution in [0, 0.1) is 0 Å². The standard InChI is InChI=1S/C19H18N2O4S2/c1-25-16-10-6-5-9-14(16)21-15-11-27(23,24)12-17(15)26-19(21)20-18(22)13-7-3-2-4-8-13/h2-10,15,17H,11-12H2,1H3/t15-,17-/m0/s1. The van der Waals surface area contributed by atoms with Gasteiger partial charge in [0, 0.05) is 10.8 Å². The van der Waals surface area contributed by atoms with Gasteiger partial charge >= 0.3 is 0 Å². The quantitative estimate of drug-likeness (QED) is 0.786. The molecule has 2 aliphatic heterocycles. The summed E-state index contributed by atoms with van der Waals surface area (Å²) in [5.74, 6) is 0.400. The van der Waals surface area contributed by atoms with Crippen LogP contribution in [0.2, 0.25) is 0 Å². The van der Waals surface area contributed by atoms with Crippen molar-refractivity contribution in [1.82, 2.24) is 0 Å². The first-order valence-corrected chi connectivity index (χ1v) is 11.2. The third kappa shape index (κ3) is 3.46. The summed E-state index contributed by atoms with van der Waals surface area (Å²) < 4.78 is 29.8. The van der Waals surface area contributed by atoms with Crippen LogP contribution in [-0.2, 0) is 9.84 Å². The zero-order chi connectivity index (χ0) is 19.0. The molecule has 0 N–H and O–H groups in total. The highest BCUT2D eigenvalue weighted by atomic mass is 32.2. The number of sulfone groups is 1. The fourth-order valence-corrected chi connectivity index (χ4v) is 7.31. The first kappa shape index (κ1) is 18.1. The van der Waals surface area contributed by atoms with Gasteiger partial charge in [-0.05, 0) is 24.3 Å². The Morgan fingerprint density at radius 2 is 1.81 bits per heavy atom. The van der Waals surface area contributed by atoms with Gasteiger partial charge < -0.3 is 9.64 Å². The number of rotatable bonds is 3. The number of fused-ring (bicyclic) bond motifs is 1. The van der Waals surface area contributed by atoms with Crippen LogP contribution in [0.3, 0.4) is 0 Å². The second-order valence-corrected chi connectivity index (χ2v) is 9.77. The fourth-order valence-electron chi connectivity index (χ4n) is 3.41. The van der Waals surface area contributed by atoms with Crippen LogP contribution in [-0.4, -0.2) is 49.4 Å². The van der Waals surface area contributed by atoms with Crippen molar-refractivity contribution in [3.63, 3.8) is 0 Å². The molecule has 0 aliphatic carbocycles. The summed E-state index contributed by atoms with van der Waals surface area (Å²) in [5.41, 5.74) is 1.21. The average Bonchev–Trinajstić information content (AvgIpc) is 3.13. The van der Waals surface area contributed by atoms with Crippen molar-refractivity contribution in [2.24, 2.45) is 4.99 Å². The van der Waals surface area contributed by atoms with Gasteiger partial charge in [0.1, 0.15) is 5.75 Å². The predicted octanol–water partition coefficient (Wildman–Crippen LogP) is 2.61. The normalized spacial score (nSPS) is 24.8. The molecule has 2 aromatic carbocycles. The van der Waals surface area contributed by atoms with Crippen LogP contribution in [0.5, 0.6) is 5.75 Å². The van der Waals surface area contributed by atoms with Crippen molar-refractivity contribution in [2.75, 3.05) is 23.5 Å². The first-order chi connectivity index (χ1) is 13.0. The van der Waals surface area contributed by atoms with Gasteiger partial charge in [0.25, 0.3) is 5.91 Å². The number of ether oxygens (including phenoxy) is 1. The van der Waals surface area contributed by atoms with Crippen LogP contribution < -0.4 is 9.64 Å². The molecule has 0 saturated carbocycles. The number of amides is 1. The number of anilines is 1. The summed E-state index contributed by atoms with van der Waals surface area (Å²) >= 11 is 1.35. The number of carbonyl (C=O) groups is 1. The highest BCUT2D eigenvalue weighted by Crippen LogP contribution is 2.43. The lowest BCUT2D eigenvalue weighted by Crippen LogP contribution is -2.38. The van der Waals surface area contributed by atoms with E-state index in [1.54, 1.807) is 31.4 Å². The van der Waals surface area contributed by atoms with Crippen LogP contribution >= 0.6 is 11.8 Å². The van der Waals surface area contributed by atoms with E-state index in [4.69, 9.17) is 4.74 Å². The molecule has 6 nitrogen and oxygen atoms in total. The molecular formula is C19H18N2O4S2. The maximum Gasteiger partial charge on any atom is 0.279 e. The van der Waals surface area contributed by atoms with Crippen molar-refractivity contribution in [1.29, 1.82) is 0 Å². The number of aliphatic imine (C=N–C) groups is 1. The van der Waals surface area contributed by atoms with Gasteiger partial charge in [-0.3, -0.25) is 4.79 Å². The molecule has 140 valence electrons. The summed E-state index contributed by atoms with van der Waals surface area (Å²) in [5, 5.41) is 0.362. The van der Waals surface area contributed by atoms with E-state index in [-0.39, 0.29) is 28.7 Å². The minimum Gasteiger partial charge on any atom is -0.495 e. The lowest BCUT2D eigenvalue weighted by atomic mass is 10.2. The fraction of sp³-hybridized carbons (Fsp3) is 0.263. The number of benzene rings is 2. The van der Waals surface area contributed by atoms with E-state index in [1.165, 1.54) is 11.8 Å². The smallest absolute Gasteiger partial charge is 0.279 e. The van der Waals surface area contributed by atoms with E-state index in [2.05, 4.69) is 4.99 Å². The Balaban J connectivity index is 1.77. The van der Waals surface area contributed by atoms with Crippen molar-refractivity contribution in [3.05, 3.63) is 60.2 Å². The van der Waals surface area contributed by atoms with Crippen LogP contribution in [0.25, 0.3) is 0 Å². The zero-order valence-electron chi connectivity index (χ0n) is 14.6. The Bertz CT molecular complexity index is 1010. The largest absolute Gasteiger partial charge is 0.495 e. The molecule has 2 fully saturated rings. The summed E-state index contributed by atoms with van der Waals surface area (Å²) in [7, 11) is -1.55. The highest BCUT2D eigenvalue weighted by molar-refractivity contribution is 8.16. The van der Waals surface area contributed by atoms with Gasteiger partial charge in [-0.1, -0.05) is 42.1 Å². The van der Waals surface area contributed by atoms with Crippen LogP contribution in [0.1, 0.15) is 10.4 Å². The Labute approximate surface area is 162 Å². The maximum absolute atomic E-state index is 12.6. The number of amidine groups is 1. The lowest BCUT2D eigenvalue weighted by Gasteiger charge is -2.26. The van der Waals surface area contributed by atoms with E-state index in [9.17, 15) is 13.2 Å². The number of hydrogen-bond acceptors (Lipinski definition) is 5. The lowest BCUT2D eigenvalue weighted by molar-refractivity contribution is 0.100. The average molecular weight is 402 g/mol. The van der Waals surface area contributed by atoms with Gasteiger partial charge in [-0.25, -0.2) is 8.42 Å². The predicted molar refractivity (Wildman–Crippen MR) is 108 cm³/mol. The van der Waals surface area contributed by atoms with Gasteiger partial charge in [-0.15, -0.1) is 0 Å². The monoisotopic (exact) mass is 402 g/mol. The molecule has 2 aromatic rings. The first-order valence-electron chi connectivity index (χ1n) is 8.46. The molecule has 4 rings (SSSR count). The van der Waals surface area contributed by atoms with Gasteiger partial charge in [-0.2, -0.15) is 4.99 Å². The topological polar surface area (TPSA) is 76.0 Å². The number of hydrogen-bond donors (Lipinski definition) is 0. The Morgan fingerprint density at radius 3 is 2.56 bits per heavy atom. The van der Waals surface area contributed by atoms with E-state index in [0.717, 1.165) is 5.69 Å². The molecule has 0 spiro atoms. The minimum atomic E-state index is -3.11. The molecule has 0 radical (unpaired) electrons. The molecule has 2 atom stereocenters. The molecule has 0 bridgehead atoms. The second kappa shape index (κ2) is 7.01. The van der Waals surface area contributed by atoms with Crippen LogP contribution in [0.4, 0.5) is 5.69 Å². The summed E-state index contributed by atoms with van der Waals surface area (Å²) in [6, 6.07) is 15.9. The van der Waals surface area contributed by atoms with E-state index >= 15 is 0 Å². The van der Waals surface area contributed by atoms with Crippen molar-refractivity contribution in [3.8, 4) is 5.75 Å². The molecule has 2 aliphatic rings. The zero-order valence-corrected chi connectivity index (χ0v) is 16.2. The molecule has 0 aromatic heterocycles. The summed E-state index contributed by atoms with van der Waals surface area (Å²) in [6.45, 7) is 0. The van der Waals surface area contributed by atoms with Crippen molar-refractivity contribution in [2.45, 2.75) is 11.3 Å². The molecule has 2 heterocycles.